The zero-order valence-corrected chi connectivity index (χ0v) is 14.0. The number of hydrogen-bond donors (Lipinski definition) is 2. The first-order chi connectivity index (χ1) is 9.66. The smallest absolute Gasteiger partial charge is 0.220 e. The van der Waals surface area contributed by atoms with Gasteiger partial charge < -0.3 is 11.1 Å². The van der Waals surface area contributed by atoms with Crippen LogP contribution in [0, 0.1) is 0 Å². The van der Waals surface area contributed by atoms with Crippen LogP contribution in [0.3, 0.4) is 0 Å². The van der Waals surface area contributed by atoms with Crippen LogP contribution < -0.4 is 11.1 Å². The fourth-order valence-electron chi connectivity index (χ4n) is 2.03. The third-order valence-corrected chi connectivity index (χ3v) is 3.19. The molecule has 0 aliphatic carbocycles. The van der Waals surface area contributed by atoms with E-state index in [1.165, 1.54) is 0 Å². The molecular formula is C16H21Cl2N3O. The number of rotatable bonds is 5. The number of aromatic nitrogens is 1. The van der Waals surface area contributed by atoms with E-state index in [1.54, 1.807) is 6.20 Å². The van der Waals surface area contributed by atoms with E-state index in [9.17, 15) is 4.79 Å². The van der Waals surface area contributed by atoms with Gasteiger partial charge in [-0.05, 0) is 37.1 Å². The number of pyridine rings is 1. The zero-order valence-electron chi connectivity index (χ0n) is 12.4. The Balaban J connectivity index is 0.00000220. The molecule has 0 spiro atoms. The monoisotopic (exact) mass is 341 g/mol. The predicted molar refractivity (Wildman–Crippen MR) is 94.5 cm³/mol. The molecule has 1 heterocycles. The third-order valence-electron chi connectivity index (χ3n) is 3.19. The Bertz CT molecular complexity index is 579. The number of nitrogens with two attached hydrogens (primary N) is 1. The van der Waals surface area contributed by atoms with E-state index in [2.05, 4.69) is 10.3 Å². The van der Waals surface area contributed by atoms with Crippen molar-refractivity contribution in [3.8, 4) is 0 Å². The number of benzene rings is 1. The lowest BCUT2D eigenvalue weighted by Crippen LogP contribution is -2.27. The van der Waals surface area contributed by atoms with Crippen LogP contribution in [-0.4, -0.2) is 10.9 Å². The van der Waals surface area contributed by atoms with Gasteiger partial charge in [-0.2, -0.15) is 0 Å². The minimum absolute atomic E-state index is 0. The molecule has 0 fully saturated rings. The molecule has 0 saturated carbocycles. The van der Waals surface area contributed by atoms with Crippen molar-refractivity contribution in [3.05, 3.63) is 59.9 Å². The maximum Gasteiger partial charge on any atom is 0.220 e. The lowest BCUT2D eigenvalue weighted by atomic mass is 10.1. The van der Waals surface area contributed by atoms with Crippen LogP contribution in [0.15, 0.2) is 48.7 Å². The number of nitrogens with zero attached hydrogens (tertiary/aromatic N) is 1. The van der Waals surface area contributed by atoms with E-state index in [-0.39, 0.29) is 36.8 Å². The second kappa shape index (κ2) is 10.0. The van der Waals surface area contributed by atoms with E-state index < -0.39 is 0 Å². The summed E-state index contributed by atoms with van der Waals surface area (Å²) in [5, 5.41) is 2.94. The number of nitrogen functional groups attached to an aromatic ring is 1. The number of aryl methyl sites for hydroxylation is 1. The number of hydrogen-bond acceptors (Lipinski definition) is 3. The first kappa shape index (κ1) is 20.2. The van der Waals surface area contributed by atoms with Crippen molar-refractivity contribution < 1.29 is 4.79 Å². The summed E-state index contributed by atoms with van der Waals surface area (Å²) in [6.07, 6.45) is 2.79. The molecule has 0 bridgehead atoms. The molecule has 1 amide bonds. The average molecular weight is 342 g/mol. The second-order valence-corrected chi connectivity index (χ2v) is 4.74. The van der Waals surface area contributed by atoms with Gasteiger partial charge in [-0.3, -0.25) is 9.78 Å². The highest BCUT2D eigenvalue weighted by atomic mass is 35.5. The van der Waals surface area contributed by atoms with Crippen molar-refractivity contribution in [2.24, 2.45) is 0 Å². The summed E-state index contributed by atoms with van der Waals surface area (Å²) >= 11 is 0. The summed E-state index contributed by atoms with van der Waals surface area (Å²) < 4.78 is 0. The van der Waals surface area contributed by atoms with Crippen LogP contribution in [0.2, 0.25) is 0 Å². The zero-order chi connectivity index (χ0) is 14.4. The van der Waals surface area contributed by atoms with Gasteiger partial charge in [0.15, 0.2) is 0 Å². The van der Waals surface area contributed by atoms with E-state index in [4.69, 9.17) is 5.73 Å². The number of para-hydroxylation sites is 1. The molecule has 1 aromatic carbocycles. The molecule has 0 aliphatic heterocycles. The van der Waals surface area contributed by atoms with Gasteiger partial charge in [-0.15, -0.1) is 24.8 Å². The van der Waals surface area contributed by atoms with Crippen LogP contribution in [0.25, 0.3) is 0 Å². The molecule has 4 nitrogen and oxygen atoms in total. The van der Waals surface area contributed by atoms with Gasteiger partial charge in [0.25, 0.3) is 0 Å². The van der Waals surface area contributed by atoms with E-state index in [1.807, 2.05) is 49.4 Å². The van der Waals surface area contributed by atoms with Crippen molar-refractivity contribution in [3.63, 3.8) is 0 Å². The van der Waals surface area contributed by atoms with Gasteiger partial charge >= 0.3 is 0 Å². The van der Waals surface area contributed by atoms with E-state index >= 15 is 0 Å². The van der Waals surface area contributed by atoms with E-state index in [0.717, 1.165) is 16.9 Å². The minimum atomic E-state index is -0.0863. The predicted octanol–water partition coefficient (Wildman–Crippen LogP) is 3.32. The molecule has 1 atom stereocenters. The molecule has 1 unspecified atom stereocenters. The molecule has 22 heavy (non-hydrogen) atoms. The highest BCUT2D eigenvalue weighted by Gasteiger charge is 2.10. The van der Waals surface area contributed by atoms with Crippen LogP contribution in [0.1, 0.15) is 30.6 Å². The molecule has 120 valence electrons. The Labute approximate surface area is 143 Å². The summed E-state index contributed by atoms with van der Waals surface area (Å²) in [5.74, 6) is 0.00593. The standard InChI is InChI=1S/C16H19N3O.2ClH/c1-12(15-8-4-5-11-18-15)19-16(20)10-9-13-6-2-3-7-14(13)17;;/h2-8,11-12H,9-10,17H2,1H3,(H,19,20);2*1H. The molecule has 2 aromatic rings. The largest absolute Gasteiger partial charge is 0.399 e. The summed E-state index contributed by atoms with van der Waals surface area (Å²) in [6, 6.07) is 13.2. The van der Waals surface area contributed by atoms with Gasteiger partial charge in [0.05, 0.1) is 11.7 Å². The third kappa shape index (κ3) is 5.92. The quantitative estimate of drug-likeness (QED) is 0.819. The van der Waals surface area contributed by atoms with Crippen LogP contribution >= 0.6 is 24.8 Å². The van der Waals surface area contributed by atoms with Crippen molar-refractivity contribution >= 4 is 36.4 Å². The van der Waals surface area contributed by atoms with Crippen molar-refractivity contribution in [1.29, 1.82) is 0 Å². The Morgan fingerprint density at radius 1 is 1.18 bits per heavy atom. The van der Waals surface area contributed by atoms with E-state index in [0.29, 0.717) is 12.8 Å². The fraction of sp³-hybridized carbons (Fsp3) is 0.250. The molecule has 0 aliphatic rings. The first-order valence-corrected chi connectivity index (χ1v) is 6.70. The molecule has 3 N–H and O–H groups in total. The molecular weight excluding hydrogens is 321 g/mol. The van der Waals surface area contributed by atoms with Crippen molar-refractivity contribution in [2.45, 2.75) is 25.8 Å². The van der Waals surface area contributed by atoms with Crippen LogP contribution in [0.5, 0.6) is 0 Å². The normalized spacial score (nSPS) is 10.8. The molecule has 2 rings (SSSR count). The SMILES string of the molecule is CC(NC(=O)CCc1ccccc1N)c1ccccn1.Cl.Cl. The number of anilines is 1. The van der Waals surface area contributed by atoms with Gasteiger partial charge in [0.2, 0.25) is 5.91 Å². The maximum absolute atomic E-state index is 11.9. The first-order valence-electron chi connectivity index (χ1n) is 6.70. The molecule has 6 heteroatoms. The number of carbonyl (C=O) groups excluding carboxylic acids is 1. The lowest BCUT2D eigenvalue weighted by Gasteiger charge is -2.13. The van der Waals surface area contributed by atoms with Gasteiger partial charge in [0.1, 0.15) is 0 Å². The highest BCUT2D eigenvalue weighted by Crippen LogP contribution is 2.13. The summed E-state index contributed by atoms with van der Waals surface area (Å²) in [4.78, 5) is 16.2. The Hall–Kier alpha value is -1.78. The summed E-state index contributed by atoms with van der Waals surface area (Å²) in [6.45, 7) is 1.93. The number of amides is 1. The number of nitrogens with one attached hydrogen (secondary N) is 1. The second-order valence-electron chi connectivity index (χ2n) is 4.74. The Morgan fingerprint density at radius 2 is 1.86 bits per heavy atom. The van der Waals surface area contributed by atoms with Gasteiger partial charge in [0, 0.05) is 18.3 Å². The molecule has 1 aromatic heterocycles. The van der Waals surface area contributed by atoms with Crippen LogP contribution in [-0.2, 0) is 11.2 Å². The molecule has 0 saturated heterocycles. The topological polar surface area (TPSA) is 68.0 Å². The van der Waals surface area contributed by atoms with Crippen molar-refractivity contribution in [2.75, 3.05) is 5.73 Å². The number of carbonyl (C=O) groups is 1. The van der Waals surface area contributed by atoms with Gasteiger partial charge in [-0.1, -0.05) is 24.3 Å². The maximum atomic E-state index is 11.9. The fourth-order valence-corrected chi connectivity index (χ4v) is 2.03. The van der Waals surface area contributed by atoms with Crippen LogP contribution in [0.4, 0.5) is 5.69 Å². The highest BCUT2D eigenvalue weighted by molar-refractivity contribution is 5.85. The minimum Gasteiger partial charge on any atom is -0.399 e. The summed E-state index contributed by atoms with van der Waals surface area (Å²) in [5.41, 5.74) is 8.46. The average Bonchev–Trinajstić information content (AvgIpc) is 2.47. The Morgan fingerprint density at radius 3 is 2.50 bits per heavy atom. The van der Waals surface area contributed by atoms with Crippen molar-refractivity contribution in [1.82, 2.24) is 10.3 Å². The summed E-state index contributed by atoms with van der Waals surface area (Å²) in [7, 11) is 0. The van der Waals surface area contributed by atoms with Gasteiger partial charge in [-0.25, -0.2) is 0 Å². The molecule has 0 radical (unpaired) electrons. The Kier molecular flexibility index (Phi) is 9.22. The lowest BCUT2D eigenvalue weighted by molar-refractivity contribution is -0.121. The number of halogens is 2.